The Bertz CT molecular complexity index is 797. The molecule has 1 N–H and O–H groups in total. The van der Waals surface area contributed by atoms with Gasteiger partial charge >= 0.3 is 0 Å². The van der Waals surface area contributed by atoms with E-state index in [1.165, 1.54) is 12.8 Å². The molecule has 0 saturated heterocycles. The first-order valence-corrected chi connectivity index (χ1v) is 9.94. The van der Waals surface area contributed by atoms with Crippen LogP contribution in [0.4, 0.5) is 0 Å². The van der Waals surface area contributed by atoms with Crippen LogP contribution in [-0.4, -0.2) is 25.2 Å². The predicted molar refractivity (Wildman–Crippen MR) is 109 cm³/mol. The number of hydrogen-bond acceptors (Lipinski definition) is 4. The maximum Gasteiger partial charge on any atom is 0.251 e. The van der Waals surface area contributed by atoms with Gasteiger partial charge in [-0.15, -0.1) is 0 Å². The smallest absolute Gasteiger partial charge is 0.251 e. The van der Waals surface area contributed by atoms with Gasteiger partial charge in [0, 0.05) is 17.7 Å². The normalized spacial score (nSPS) is 14.1. The molecule has 1 amide bonds. The molecule has 0 aromatic heterocycles. The largest absolute Gasteiger partial charge is 0.493 e. The molecule has 1 aliphatic rings. The van der Waals surface area contributed by atoms with Crippen LogP contribution in [0.1, 0.15) is 55.5 Å². The van der Waals surface area contributed by atoms with Crippen molar-refractivity contribution in [1.29, 1.82) is 0 Å². The second-order valence-corrected chi connectivity index (χ2v) is 7.35. The fourth-order valence-corrected chi connectivity index (χ4v) is 3.39. The molecule has 1 fully saturated rings. The molecule has 2 aromatic rings. The van der Waals surface area contributed by atoms with Crippen molar-refractivity contribution < 1.29 is 19.0 Å². The summed E-state index contributed by atoms with van der Waals surface area (Å²) in [5.74, 6) is 1.87. The number of carbonyl (C=O) groups is 1. The van der Waals surface area contributed by atoms with Gasteiger partial charge < -0.3 is 19.5 Å². The number of amides is 1. The van der Waals surface area contributed by atoms with E-state index >= 15 is 0 Å². The number of methoxy groups -OCH3 is 1. The molecule has 1 aliphatic carbocycles. The lowest BCUT2D eigenvalue weighted by Gasteiger charge is -2.17. The molecule has 0 atom stereocenters. The molecule has 0 aliphatic heterocycles. The highest BCUT2D eigenvalue weighted by Gasteiger charge is 2.18. The van der Waals surface area contributed by atoms with Gasteiger partial charge in [-0.1, -0.05) is 18.2 Å². The average Bonchev–Trinajstić information content (AvgIpc) is 3.20. The minimum absolute atomic E-state index is 0.0324. The van der Waals surface area contributed by atoms with E-state index in [2.05, 4.69) is 5.32 Å². The number of benzene rings is 2. The lowest BCUT2D eigenvalue weighted by atomic mass is 10.1. The van der Waals surface area contributed by atoms with Crippen molar-refractivity contribution in [2.75, 3.05) is 7.11 Å². The van der Waals surface area contributed by atoms with Gasteiger partial charge in [0.2, 0.25) is 0 Å². The highest BCUT2D eigenvalue weighted by atomic mass is 16.5. The van der Waals surface area contributed by atoms with Gasteiger partial charge in [0.05, 0.1) is 19.3 Å². The Hall–Kier alpha value is -2.69. The van der Waals surface area contributed by atoms with E-state index in [-0.39, 0.29) is 18.1 Å². The van der Waals surface area contributed by atoms with Crippen molar-refractivity contribution >= 4 is 5.91 Å². The molecular formula is C23H29NO4. The predicted octanol–water partition coefficient (Wildman–Crippen LogP) is 4.73. The third-order valence-corrected chi connectivity index (χ3v) is 4.80. The summed E-state index contributed by atoms with van der Waals surface area (Å²) in [6.45, 7) is 4.31. The lowest BCUT2D eigenvalue weighted by molar-refractivity contribution is 0.0950. The third-order valence-electron chi connectivity index (χ3n) is 4.80. The summed E-state index contributed by atoms with van der Waals surface area (Å²) >= 11 is 0. The zero-order chi connectivity index (χ0) is 19.9. The van der Waals surface area contributed by atoms with Gasteiger partial charge in [0.25, 0.3) is 5.91 Å². The molecular weight excluding hydrogens is 354 g/mol. The van der Waals surface area contributed by atoms with E-state index in [4.69, 9.17) is 14.2 Å². The molecule has 0 bridgehead atoms. The molecule has 150 valence electrons. The first-order chi connectivity index (χ1) is 13.6. The van der Waals surface area contributed by atoms with Crippen LogP contribution in [0.25, 0.3) is 0 Å². The van der Waals surface area contributed by atoms with Gasteiger partial charge in [-0.05, 0) is 63.8 Å². The fraction of sp³-hybridized carbons (Fsp3) is 0.435. The number of para-hydroxylation sites is 1. The number of carbonyl (C=O) groups excluding carboxylic acids is 1. The van der Waals surface area contributed by atoms with E-state index in [1.54, 1.807) is 25.3 Å². The van der Waals surface area contributed by atoms with Gasteiger partial charge in [-0.3, -0.25) is 4.79 Å². The van der Waals surface area contributed by atoms with Crippen LogP contribution in [0.15, 0.2) is 42.5 Å². The Balaban J connectivity index is 1.65. The molecule has 0 radical (unpaired) electrons. The Morgan fingerprint density at radius 3 is 2.54 bits per heavy atom. The van der Waals surface area contributed by atoms with Gasteiger partial charge in [-0.25, -0.2) is 0 Å². The van der Waals surface area contributed by atoms with Crippen molar-refractivity contribution in [3.8, 4) is 17.2 Å². The maximum absolute atomic E-state index is 12.6. The third kappa shape index (κ3) is 5.18. The van der Waals surface area contributed by atoms with Crippen LogP contribution in [-0.2, 0) is 6.54 Å². The zero-order valence-electron chi connectivity index (χ0n) is 16.9. The standard InChI is InChI=1S/C23H29NO4/c1-16(2)27-21-13-12-17(14-22(21)26-3)23(25)24-15-18-8-4-7-11-20(18)28-19-9-5-6-10-19/h4,7-8,11-14,16,19H,5-6,9-10,15H2,1-3H3,(H,24,25). The first-order valence-electron chi connectivity index (χ1n) is 9.94. The fourth-order valence-electron chi connectivity index (χ4n) is 3.39. The van der Waals surface area contributed by atoms with Crippen LogP contribution in [0, 0.1) is 0 Å². The molecule has 5 heteroatoms. The van der Waals surface area contributed by atoms with Crippen LogP contribution >= 0.6 is 0 Å². The van der Waals surface area contributed by atoms with Gasteiger partial charge in [0.15, 0.2) is 11.5 Å². The van der Waals surface area contributed by atoms with E-state index in [1.807, 2.05) is 38.1 Å². The van der Waals surface area contributed by atoms with Crippen LogP contribution in [0.3, 0.4) is 0 Å². The van der Waals surface area contributed by atoms with Crippen molar-refractivity contribution in [1.82, 2.24) is 5.32 Å². The summed E-state index contributed by atoms with van der Waals surface area (Å²) in [4.78, 5) is 12.6. The molecule has 3 rings (SSSR count). The van der Waals surface area contributed by atoms with Gasteiger partial charge in [-0.2, -0.15) is 0 Å². The quantitative estimate of drug-likeness (QED) is 0.716. The summed E-state index contributed by atoms with van der Waals surface area (Å²) in [6.07, 6.45) is 4.97. The second kappa shape index (κ2) is 9.49. The van der Waals surface area contributed by atoms with E-state index < -0.39 is 0 Å². The molecule has 0 heterocycles. The number of ether oxygens (including phenoxy) is 3. The highest BCUT2D eigenvalue weighted by Crippen LogP contribution is 2.29. The summed E-state index contributed by atoms with van der Waals surface area (Å²) in [5.41, 5.74) is 1.51. The van der Waals surface area contributed by atoms with E-state index in [0.29, 0.717) is 23.6 Å². The van der Waals surface area contributed by atoms with Crippen molar-refractivity contribution in [2.24, 2.45) is 0 Å². The summed E-state index contributed by atoms with van der Waals surface area (Å²) in [7, 11) is 1.57. The first kappa shape index (κ1) is 20.1. The number of rotatable bonds is 8. The van der Waals surface area contributed by atoms with Crippen molar-refractivity contribution in [3.63, 3.8) is 0 Å². The Labute approximate surface area is 167 Å². The molecule has 0 spiro atoms. The number of hydrogen-bond donors (Lipinski definition) is 1. The molecule has 0 unspecified atom stereocenters. The Morgan fingerprint density at radius 2 is 1.82 bits per heavy atom. The summed E-state index contributed by atoms with van der Waals surface area (Å²) < 4.78 is 17.2. The minimum atomic E-state index is -0.162. The lowest BCUT2D eigenvalue weighted by Crippen LogP contribution is -2.23. The van der Waals surface area contributed by atoms with E-state index in [0.717, 1.165) is 24.2 Å². The summed E-state index contributed by atoms with van der Waals surface area (Å²) in [6, 6.07) is 13.1. The maximum atomic E-state index is 12.6. The van der Waals surface area contributed by atoms with Crippen LogP contribution in [0.2, 0.25) is 0 Å². The Morgan fingerprint density at radius 1 is 1.07 bits per heavy atom. The van der Waals surface area contributed by atoms with Crippen LogP contribution < -0.4 is 19.5 Å². The highest BCUT2D eigenvalue weighted by molar-refractivity contribution is 5.94. The molecule has 2 aromatic carbocycles. The SMILES string of the molecule is COc1cc(C(=O)NCc2ccccc2OC2CCCC2)ccc1OC(C)C. The minimum Gasteiger partial charge on any atom is -0.493 e. The molecule has 5 nitrogen and oxygen atoms in total. The topological polar surface area (TPSA) is 56.8 Å². The van der Waals surface area contributed by atoms with Gasteiger partial charge in [0.1, 0.15) is 5.75 Å². The second-order valence-electron chi connectivity index (χ2n) is 7.35. The van der Waals surface area contributed by atoms with Crippen molar-refractivity contribution in [3.05, 3.63) is 53.6 Å². The Kier molecular flexibility index (Phi) is 6.80. The van der Waals surface area contributed by atoms with Crippen LogP contribution in [0.5, 0.6) is 17.2 Å². The van der Waals surface area contributed by atoms with E-state index in [9.17, 15) is 4.79 Å². The average molecular weight is 383 g/mol. The number of nitrogens with one attached hydrogen (secondary N) is 1. The zero-order valence-corrected chi connectivity index (χ0v) is 16.9. The summed E-state index contributed by atoms with van der Waals surface area (Å²) in [5, 5.41) is 2.98. The monoisotopic (exact) mass is 383 g/mol. The molecule has 28 heavy (non-hydrogen) atoms. The van der Waals surface area contributed by atoms with Crippen molar-refractivity contribution in [2.45, 2.75) is 58.3 Å². The molecule has 1 saturated carbocycles.